The molecule has 0 radical (unpaired) electrons. The molecule has 1 atom stereocenters. The molecule has 0 spiro atoms. The van der Waals surface area contributed by atoms with Crippen molar-refractivity contribution in [3.05, 3.63) is 66.1 Å². The number of benzene rings is 2. The quantitative estimate of drug-likeness (QED) is 0.748. The Kier molecular flexibility index (Phi) is 4.38. The van der Waals surface area contributed by atoms with Gasteiger partial charge in [0.2, 0.25) is 11.7 Å². The Bertz CT molecular complexity index is 866. The zero-order chi connectivity index (χ0) is 18.0. The molecule has 134 valence electrons. The molecule has 4 rings (SSSR count). The Hall–Kier alpha value is -2.80. The summed E-state index contributed by atoms with van der Waals surface area (Å²) in [5.74, 6) is -1.36. The summed E-state index contributed by atoms with van der Waals surface area (Å²) in [4.78, 5) is 4.25. The fourth-order valence-electron chi connectivity index (χ4n) is 2.82. The number of aromatic nitrogens is 2. The summed E-state index contributed by atoms with van der Waals surface area (Å²) in [7, 11) is 0. The first-order chi connectivity index (χ1) is 12.6. The van der Waals surface area contributed by atoms with E-state index in [-0.39, 0.29) is 18.9 Å². The number of para-hydroxylation sites is 1. The van der Waals surface area contributed by atoms with Crippen molar-refractivity contribution in [2.24, 2.45) is 0 Å². The predicted molar refractivity (Wildman–Crippen MR) is 90.8 cm³/mol. The van der Waals surface area contributed by atoms with E-state index in [1.165, 1.54) is 0 Å². The van der Waals surface area contributed by atoms with Crippen molar-refractivity contribution in [2.45, 2.75) is 25.0 Å². The van der Waals surface area contributed by atoms with Crippen LogP contribution in [0.5, 0.6) is 5.75 Å². The van der Waals surface area contributed by atoms with Gasteiger partial charge in [-0.15, -0.1) is 0 Å². The number of nitrogens with one attached hydrogen (secondary N) is 1. The molecule has 5 nitrogen and oxygen atoms in total. The lowest BCUT2D eigenvalue weighted by molar-refractivity contribution is 0.0200. The van der Waals surface area contributed by atoms with Crippen molar-refractivity contribution in [2.75, 3.05) is 6.54 Å². The van der Waals surface area contributed by atoms with Crippen LogP contribution in [0.2, 0.25) is 0 Å². The van der Waals surface area contributed by atoms with Crippen LogP contribution in [-0.2, 0) is 6.61 Å². The third kappa shape index (κ3) is 3.72. The summed E-state index contributed by atoms with van der Waals surface area (Å²) in [6.07, 6.45) is -0.329. The number of halogens is 2. The van der Waals surface area contributed by atoms with Crippen LogP contribution in [0.3, 0.4) is 0 Å². The molecule has 1 saturated heterocycles. The minimum absolute atomic E-state index is 0.189. The Morgan fingerprint density at radius 2 is 1.88 bits per heavy atom. The molecule has 0 amide bonds. The van der Waals surface area contributed by atoms with Crippen molar-refractivity contribution >= 4 is 0 Å². The fraction of sp³-hybridized carbons (Fsp3) is 0.263. The van der Waals surface area contributed by atoms with Gasteiger partial charge >= 0.3 is 0 Å². The van der Waals surface area contributed by atoms with E-state index >= 15 is 0 Å². The number of ether oxygens (including phenoxy) is 1. The maximum Gasteiger partial charge on any atom is 0.262 e. The number of alkyl halides is 2. The van der Waals surface area contributed by atoms with Crippen LogP contribution in [0, 0.1) is 0 Å². The van der Waals surface area contributed by atoms with E-state index in [2.05, 4.69) is 15.5 Å². The van der Waals surface area contributed by atoms with Gasteiger partial charge in [0.05, 0.1) is 12.6 Å². The number of hydrogen-bond donors (Lipinski definition) is 1. The predicted octanol–water partition coefficient (Wildman–Crippen LogP) is 3.99. The zero-order valence-electron chi connectivity index (χ0n) is 13.9. The molecule has 2 heterocycles. The van der Waals surface area contributed by atoms with Crippen LogP contribution >= 0.6 is 0 Å². The molecule has 1 aliphatic heterocycles. The summed E-state index contributed by atoms with van der Waals surface area (Å²) < 4.78 is 37.4. The highest BCUT2D eigenvalue weighted by molar-refractivity contribution is 5.54. The Morgan fingerprint density at radius 3 is 2.58 bits per heavy atom. The molecule has 1 aromatic heterocycles. The number of nitrogens with zero attached hydrogens (tertiary/aromatic N) is 2. The Morgan fingerprint density at radius 1 is 1.12 bits per heavy atom. The summed E-state index contributed by atoms with van der Waals surface area (Å²) >= 11 is 0. The molecule has 1 aliphatic rings. The third-order valence-electron chi connectivity index (χ3n) is 4.21. The largest absolute Gasteiger partial charge is 0.489 e. The molecule has 2 aromatic carbocycles. The summed E-state index contributed by atoms with van der Waals surface area (Å²) in [5, 5.41) is 6.61. The van der Waals surface area contributed by atoms with E-state index < -0.39 is 12.0 Å². The molecule has 1 unspecified atom stereocenters. The van der Waals surface area contributed by atoms with Gasteiger partial charge in [0.15, 0.2) is 0 Å². The average molecular weight is 357 g/mol. The molecule has 0 aliphatic carbocycles. The van der Waals surface area contributed by atoms with Crippen LogP contribution in [-0.4, -0.2) is 22.6 Å². The van der Waals surface area contributed by atoms with Crippen molar-refractivity contribution in [1.82, 2.24) is 15.5 Å². The summed E-state index contributed by atoms with van der Waals surface area (Å²) in [5.41, 5.74) is 1.76. The SMILES string of the molecule is FC1(F)CNC(c2nc(-c3ccc(COc4ccccc4)cc3)no2)C1. The van der Waals surface area contributed by atoms with Crippen LogP contribution < -0.4 is 10.1 Å². The second-order valence-electron chi connectivity index (χ2n) is 6.25. The van der Waals surface area contributed by atoms with Gasteiger partial charge in [0.25, 0.3) is 5.92 Å². The van der Waals surface area contributed by atoms with E-state index in [9.17, 15) is 8.78 Å². The van der Waals surface area contributed by atoms with Gasteiger partial charge in [-0.05, 0) is 17.7 Å². The standard InChI is InChI=1S/C19H17F2N3O2/c20-19(21)10-16(22-12-19)18-23-17(24-26-18)14-8-6-13(7-9-14)11-25-15-4-2-1-3-5-15/h1-9,16,22H,10-12H2. The first-order valence-corrected chi connectivity index (χ1v) is 8.31. The maximum atomic E-state index is 13.3. The topological polar surface area (TPSA) is 60.2 Å². The molecule has 7 heteroatoms. The smallest absolute Gasteiger partial charge is 0.262 e. The van der Waals surface area contributed by atoms with Crippen LogP contribution in [0.1, 0.15) is 23.9 Å². The molecule has 1 N–H and O–H groups in total. The molecule has 3 aromatic rings. The van der Waals surface area contributed by atoms with Crippen molar-refractivity contribution in [3.8, 4) is 17.1 Å². The lowest BCUT2D eigenvalue weighted by Gasteiger charge is -2.06. The zero-order valence-corrected chi connectivity index (χ0v) is 13.9. The number of rotatable bonds is 5. The Balaban J connectivity index is 1.41. The highest BCUT2D eigenvalue weighted by atomic mass is 19.3. The van der Waals surface area contributed by atoms with Gasteiger partial charge in [0, 0.05) is 12.0 Å². The minimum Gasteiger partial charge on any atom is -0.489 e. The first kappa shape index (κ1) is 16.7. The normalized spacial score (nSPS) is 18.8. The van der Waals surface area contributed by atoms with Gasteiger partial charge in [-0.25, -0.2) is 8.78 Å². The lowest BCUT2D eigenvalue weighted by atomic mass is 10.1. The van der Waals surface area contributed by atoms with Gasteiger partial charge in [-0.2, -0.15) is 4.98 Å². The van der Waals surface area contributed by atoms with Crippen LogP contribution in [0.25, 0.3) is 11.4 Å². The maximum absolute atomic E-state index is 13.3. The van der Waals surface area contributed by atoms with Gasteiger partial charge < -0.3 is 9.26 Å². The van der Waals surface area contributed by atoms with Gasteiger partial charge in [-0.1, -0.05) is 47.6 Å². The molecule has 0 saturated carbocycles. The first-order valence-electron chi connectivity index (χ1n) is 8.31. The monoisotopic (exact) mass is 357 g/mol. The lowest BCUT2D eigenvalue weighted by Crippen LogP contribution is -2.19. The van der Waals surface area contributed by atoms with E-state index in [1.54, 1.807) is 0 Å². The van der Waals surface area contributed by atoms with E-state index in [4.69, 9.17) is 9.26 Å². The molecule has 1 fully saturated rings. The molecule has 0 bridgehead atoms. The van der Waals surface area contributed by atoms with E-state index in [0.717, 1.165) is 16.9 Å². The van der Waals surface area contributed by atoms with E-state index in [1.807, 2.05) is 54.6 Å². The third-order valence-corrected chi connectivity index (χ3v) is 4.21. The second kappa shape index (κ2) is 6.84. The highest BCUT2D eigenvalue weighted by Crippen LogP contribution is 2.33. The van der Waals surface area contributed by atoms with Gasteiger partial charge in [0.1, 0.15) is 12.4 Å². The van der Waals surface area contributed by atoms with Gasteiger partial charge in [-0.3, -0.25) is 5.32 Å². The Labute approximate surface area is 149 Å². The molecular weight excluding hydrogens is 340 g/mol. The summed E-state index contributed by atoms with van der Waals surface area (Å²) in [6, 6.07) is 16.5. The van der Waals surface area contributed by atoms with Crippen LogP contribution in [0.4, 0.5) is 8.78 Å². The average Bonchev–Trinajstić information content (AvgIpc) is 3.28. The van der Waals surface area contributed by atoms with Crippen molar-refractivity contribution < 1.29 is 18.0 Å². The fourth-order valence-corrected chi connectivity index (χ4v) is 2.82. The van der Waals surface area contributed by atoms with Crippen molar-refractivity contribution in [1.29, 1.82) is 0 Å². The molecule has 26 heavy (non-hydrogen) atoms. The molecular formula is C19H17F2N3O2. The van der Waals surface area contributed by atoms with E-state index in [0.29, 0.717) is 12.4 Å². The summed E-state index contributed by atoms with van der Waals surface area (Å²) in [6.45, 7) is 0.0777. The minimum atomic E-state index is -2.74. The highest BCUT2D eigenvalue weighted by Gasteiger charge is 2.42. The second-order valence-corrected chi connectivity index (χ2v) is 6.25. The van der Waals surface area contributed by atoms with Crippen molar-refractivity contribution in [3.63, 3.8) is 0 Å². The number of hydrogen-bond acceptors (Lipinski definition) is 5. The van der Waals surface area contributed by atoms with Crippen LogP contribution in [0.15, 0.2) is 59.1 Å².